The van der Waals surface area contributed by atoms with Crippen molar-refractivity contribution >= 4 is 0 Å². The Morgan fingerprint density at radius 3 is 2.35 bits per heavy atom. The minimum absolute atomic E-state index is 0.0538. The highest BCUT2D eigenvalue weighted by atomic mass is 16.5. The number of hydrogen-bond acceptors (Lipinski definition) is 3. The first-order valence-electron chi connectivity index (χ1n) is 7.17. The van der Waals surface area contributed by atoms with E-state index in [1.54, 1.807) is 6.20 Å². The third-order valence-electron chi connectivity index (χ3n) is 3.20. The van der Waals surface area contributed by atoms with Gasteiger partial charge in [-0.3, -0.25) is 4.98 Å². The van der Waals surface area contributed by atoms with Crippen molar-refractivity contribution in [1.82, 2.24) is 4.98 Å². The van der Waals surface area contributed by atoms with E-state index in [4.69, 9.17) is 10.5 Å². The van der Waals surface area contributed by atoms with Gasteiger partial charge in [0.2, 0.25) is 0 Å². The van der Waals surface area contributed by atoms with Gasteiger partial charge in [0.1, 0.15) is 11.5 Å². The second-order valence-corrected chi connectivity index (χ2v) is 5.06. The third kappa shape index (κ3) is 4.07. The zero-order valence-electron chi connectivity index (χ0n) is 12.2. The summed E-state index contributed by atoms with van der Waals surface area (Å²) in [5.41, 5.74) is 7.99. The van der Waals surface area contributed by atoms with Crippen LogP contribution in [0.25, 0.3) is 0 Å². The summed E-state index contributed by atoms with van der Waals surface area (Å²) in [4.78, 5) is 4.28. The highest BCUT2D eigenvalue weighted by Crippen LogP contribution is 2.22. The molecule has 0 radical (unpaired) electrons. The average molecular weight is 270 g/mol. The molecule has 1 aromatic heterocycles. The number of nitrogens with zero attached hydrogens (tertiary/aromatic N) is 1. The van der Waals surface area contributed by atoms with Crippen molar-refractivity contribution in [2.45, 2.75) is 39.2 Å². The maximum atomic E-state index is 5.77. The Bertz CT molecular complexity index is 518. The Hall–Kier alpha value is -1.87. The van der Waals surface area contributed by atoms with Gasteiger partial charge in [0.25, 0.3) is 0 Å². The summed E-state index contributed by atoms with van der Waals surface area (Å²) < 4.78 is 5.77. The Morgan fingerprint density at radius 1 is 1.10 bits per heavy atom. The normalized spacial score (nSPS) is 12.2. The van der Waals surface area contributed by atoms with Crippen molar-refractivity contribution < 1.29 is 4.74 Å². The first-order chi connectivity index (χ1) is 9.69. The van der Waals surface area contributed by atoms with Crippen LogP contribution in [0.2, 0.25) is 0 Å². The summed E-state index contributed by atoms with van der Waals surface area (Å²) in [5, 5.41) is 0. The first kappa shape index (κ1) is 14.5. The molecule has 0 saturated heterocycles. The van der Waals surface area contributed by atoms with Crippen LogP contribution in [0.15, 0.2) is 42.6 Å². The minimum Gasteiger partial charge on any atom is -0.456 e. The van der Waals surface area contributed by atoms with Crippen LogP contribution in [-0.4, -0.2) is 4.98 Å². The zero-order chi connectivity index (χ0) is 14.4. The molecule has 0 aliphatic heterocycles. The molecule has 3 heteroatoms. The molecule has 1 atom stereocenters. The molecule has 0 fully saturated rings. The summed E-state index contributed by atoms with van der Waals surface area (Å²) in [6, 6.07) is 12.0. The van der Waals surface area contributed by atoms with Gasteiger partial charge in [-0.15, -0.1) is 0 Å². The molecule has 0 aliphatic rings. The van der Waals surface area contributed by atoms with Crippen molar-refractivity contribution in [3.8, 4) is 11.5 Å². The van der Waals surface area contributed by atoms with Crippen LogP contribution in [0, 0.1) is 0 Å². The van der Waals surface area contributed by atoms with Gasteiger partial charge in [0, 0.05) is 6.04 Å². The van der Waals surface area contributed by atoms with E-state index in [0.717, 1.165) is 23.6 Å². The molecule has 0 amide bonds. The quantitative estimate of drug-likeness (QED) is 0.854. The number of ether oxygens (including phenoxy) is 1. The molecule has 2 N–H and O–H groups in total. The molecule has 1 aromatic carbocycles. The number of nitrogens with two attached hydrogens (primary N) is 1. The molecule has 3 nitrogen and oxygen atoms in total. The van der Waals surface area contributed by atoms with Gasteiger partial charge >= 0.3 is 0 Å². The maximum absolute atomic E-state index is 5.77. The van der Waals surface area contributed by atoms with Gasteiger partial charge in [-0.1, -0.05) is 25.5 Å². The lowest BCUT2D eigenvalue weighted by Gasteiger charge is -2.08. The molecule has 2 rings (SSSR count). The second-order valence-electron chi connectivity index (χ2n) is 5.06. The molecule has 0 spiro atoms. The van der Waals surface area contributed by atoms with Crippen LogP contribution in [0.4, 0.5) is 0 Å². The lowest BCUT2D eigenvalue weighted by molar-refractivity contribution is 0.479. The van der Waals surface area contributed by atoms with E-state index in [1.807, 2.05) is 31.2 Å². The predicted octanol–water partition coefficient (Wildman–Crippen LogP) is 4.24. The molecular weight excluding hydrogens is 248 g/mol. The summed E-state index contributed by atoms with van der Waals surface area (Å²) >= 11 is 0. The van der Waals surface area contributed by atoms with Crippen molar-refractivity contribution in [2.75, 3.05) is 0 Å². The fourth-order valence-electron chi connectivity index (χ4n) is 1.96. The topological polar surface area (TPSA) is 48.1 Å². The molecule has 0 aliphatic carbocycles. The number of unbranched alkanes of at least 4 members (excludes halogenated alkanes) is 1. The van der Waals surface area contributed by atoms with Gasteiger partial charge < -0.3 is 10.5 Å². The van der Waals surface area contributed by atoms with Crippen LogP contribution in [0.5, 0.6) is 11.5 Å². The summed E-state index contributed by atoms with van der Waals surface area (Å²) in [6.07, 6.45) is 5.28. The van der Waals surface area contributed by atoms with Gasteiger partial charge in [-0.05, 0) is 49.6 Å². The maximum Gasteiger partial charge on any atom is 0.145 e. The standard InChI is InChI=1S/C17H22N2O/c1-3-4-5-14-6-8-15(9-7-14)20-16-10-11-17(13(2)18)19-12-16/h6-13H,3-5,18H2,1-2H3. The summed E-state index contributed by atoms with van der Waals surface area (Å²) in [6.45, 7) is 4.12. The number of hydrogen-bond donors (Lipinski definition) is 1. The predicted molar refractivity (Wildman–Crippen MR) is 82.0 cm³/mol. The summed E-state index contributed by atoms with van der Waals surface area (Å²) in [7, 11) is 0. The van der Waals surface area contributed by atoms with E-state index in [-0.39, 0.29) is 6.04 Å². The Balaban J connectivity index is 1.98. The smallest absolute Gasteiger partial charge is 0.145 e. The van der Waals surface area contributed by atoms with Crippen LogP contribution >= 0.6 is 0 Å². The molecular formula is C17H22N2O. The van der Waals surface area contributed by atoms with Crippen LogP contribution in [0.1, 0.15) is 44.0 Å². The largest absolute Gasteiger partial charge is 0.456 e. The van der Waals surface area contributed by atoms with E-state index >= 15 is 0 Å². The Labute approximate surface area is 120 Å². The summed E-state index contributed by atoms with van der Waals surface area (Å²) in [5.74, 6) is 1.57. The van der Waals surface area contributed by atoms with Crippen LogP contribution in [-0.2, 0) is 6.42 Å². The monoisotopic (exact) mass is 270 g/mol. The highest BCUT2D eigenvalue weighted by Gasteiger charge is 2.02. The fourth-order valence-corrected chi connectivity index (χ4v) is 1.96. The minimum atomic E-state index is -0.0538. The lowest BCUT2D eigenvalue weighted by atomic mass is 10.1. The van der Waals surface area contributed by atoms with Crippen LogP contribution in [0.3, 0.4) is 0 Å². The molecule has 1 heterocycles. The van der Waals surface area contributed by atoms with Crippen molar-refractivity contribution in [3.63, 3.8) is 0 Å². The van der Waals surface area contributed by atoms with E-state index in [9.17, 15) is 0 Å². The number of pyridine rings is 1. The number of aryl methyl sites for hydroxylation is 1. The molecule has 106 valence electrons. The third-order valence-corrected chi connectivity index (χ3v) is 3.20. The molecule has 0 saturated carbocycles. The van der Waals surface area contributed by atoms with E-state index in [1.165, 1.54) is 18.4 Å². The molecule has 1 unspecified atom stereocenters. The van der Waals surface area contributed by atoms with Crippen molar-refractivity contribution in [3.05, 3.63) is 53.9 Å². The second kappa shape index (κ2) is 7.06. The SMILES string of the molecule is CCCCc1ccc(Oc2ccc(C(C)N)nc2)cc1. The Kier molecular flexibility index (Phi) is 5.13. The van der Waals surface area contributed by atoms with E-state index < -0.39 is 0 Å². The van der Waals surface area contributed by atoms with Gasteiger partial charge in [-0.2, -0.15) is 0 Å². The lowest BCUT2D eigenvalue weighted by Crippen LogP contribution is -2.06. The first-order valence-corrected chi connectivity index (χ1v) is 7.17. The zero-order valence-corrected chi connectivity index (χ0v) is 12.2. The number of aromatic nitrogens is 1. The Morgan fingerprint density at radius 2 is 1.80 bits per heavy atom. The number of rotatable bonds is 6. The van der Waals surface area contributed by atoms with Crippen LogP contribution < -0.4 is 10.5 Å². The van der Waals surface area contributed by atoms with E-state index in [2.05, 4.69) is 24.0 Å². The van der Waals surface area contributed by atoms with Crippen molar-refractivity contribution in [1.29, 1.82) is 0 Å². The van der Waals surface area contributed by atoms with E-state index in [0.29, 0.717) is 0 Å². The molecule has 0 bridgehead atoms. The molecule has 2 aromatic rings. The van der Waals surface area contributed by atoms with Crippen molar-refractivity contribution in [2.24, 2.45) is 5.73 Å². The van der Waals surface area contributed by atoms with Gasteiger partial charge in [0.05, 0.1) is 11.9 Å². The molecule has 20 heavy (non-hydrogen) atoms. The van der Waals surface area contributed by atoms with Gasteiger partial charge in [0.15, 0.2) is 0 Å². The average Bonchev–Trinajstić information content (AvgIpc) is 2.47. The number of benzene rings is 1. The highest BCUT2D eigenvalue weighted by molar-refractivity contribution is 5.32. The van der Waals surface area contributed by atoms with Gasteiger partial charge in [-0.25, -0.2) is 0 Å². The fraction of sp³-hybridized carbons (Fsp3) is 0.353.